The maximum atomic E-state index is 10.8. The van der Waals surface area contributed by atoms with Gasteiger partial charge in [0.2, 0.25) is 0 Å². The average Bonchev–Trinajstić information content (AvgIpc) is 3.44. The molecule has 0 spiro atoms. The molecule has 1 aromatic carbocycles. The number of nitrogen functional groups attached to an aromatic ring is 1. The number of hydrogen-bond donors (Lipinski definition) is 3. The minimum atomic E-state index is -0.899. The summed E-state index contributed by atoms with van der Waals surface area (Å²) < 4.78 is 1.90. The number of fused-ring (bicyclic) bond motifs is 1. The molecule has 4 aromatic rings. The number of anilines is 1. The van der Waals surface area contributed by atoms with Crippen molar-refractivity contribution in [1.29, 1.82) is 0 Å². The van der Waals surface area contributed by atoms with Gasteiger partial charge in [-0.1, -0.05) is 18.2 Å². The number of nitrogens with zero attached hydrogens (tertiary/aromatic N) is 4. The van der Waals surface area contributed by atoms with Crippen molar-refractivity contribution in [2.75, 3.05) is 5.73 Å². The highest BCUT2D eigenvalue weighted by atomic mass is 32.1. The first-order valence-electron chi connectivity index (χ1n) is 9.05. The van der Waals surface area contributed by atoms with Gasteiger partial charge >= 0.3 is 0 Å². The SMILES string of the molecule is Nc1ncnc2c1ccn2[C@@H]1C[C@H](c2cccc(-c3cncs3)c2)[C@@H](O)[C@H]1O. The molecule has 0 unspecified atom stereocenters. The van der Waals surface area contributed by atoms with E-state index >= 15 is 0 Å². The molecule has 142 valence electrons. The van der Waals surface area contributed by atoms with Gasteiger partial charge in [-0.05, 0) is 29.7 Å². The molecule has 3 heterocycles. The van der Waals surface area contributed by atoms with Gasteiger partial charge in [0.25, 0.3) is 0 Å². The minimum absolute atomic E-state index is 0.176. The summed E-state index contributed by atoms with van der Waals surface area (Å²) in [5, 5.41) is 22.3. The van der Waals surface area contributed by atoms with Crippen LogP contribution in [-0.4, -0.2) is 41.9 Å². The van der Waals surface area contributed by atoms with Crippen molar-refractivity contribution < 1.29 is 10.2 Å². The molecule has 4 N–H and O–H groups in total. The Bertz CT molecular complexity index is 1130. The molecule has 7 nitrogen and oxygen atoms in total. The summed E-state index contributed by atoms with van der Waals surface area (Å²) >= 11 is 1.58. The molecule has 28 heavy (non-hydrogen) atoms. The van der Waals surface area contributed by atoms with Gasteiger partial charge in [0.15, 0.2) is 0 Å². The predicted molar refractivity (Wildman–Crippen MR) is 108 cm³/mol. The monoisotopic (exact) mass is 393 g/mol. The van der Waals surface area contributed by atoms with E-state index in [4.69, 9.17) is 5.73 Å². The molecule has 4 atom stereocenters. The zero-order valence-corrected chi connectivity index (χ0v) is 15.7. The lowest BCUT2D eigenvalue weighted by atomic mass is 9.93. The third kappa shape index (κ3) is 2.69. The van der Waals surface area contributed by atoms with Gasteiger partial charge in [-0.25, -0.2) is 9.97 Å². The van der Waals surface area contributed by atoms with Crippen LogP contribution in [0.4, 0.5) is 5.82 Å². The van der Waals surface area contributed by atoms with Crippen LogP contribution < -0.4 is 5.73 Å². The number of thiazole rings is 1. The van der Waals surface area contributed by atoms with Gasteiger partial charge in [0.05, 0.1) is 27.9 Å². The van der Waals surface area contributed by atoms with Crippen molar-refractivity contribution in [1.82, 2.24) is 19.5 Å². The first kappa shape index (κ1) is 17.3. The highest BCUT2D eigenvalue weighted by Gasteiger charge is 2.43. The first-order chi connectivity index (χ1) is 13.6. The third-order valence-electron chi connectivity index (χ3n) is 5.58. The van der Waals surface area contributed by atoms with Crippen molar-refractivity contribution in [3.63, 3.8) is 0 Å². The van der Waals surface area contributed by atoms with E-state index in [9.17, 15) is 10.2 Å². The van der Waals surface area contributed by atoms with Crippen LogP contribution in [0.5, 0.6) is 0 Å². The van der Waals surface area contributed by atoms with E-state index < -0.39 is 12.2 Å². The van der Waals surface area contributed by atoms with Gasteiger partial charge in [-0.3, -0.25) is 4.98 Å². The number of aliphatic hydroxyl groups is 2. The predicted octanol–water partition coefficient (Wildman–Crippen LogP) is 2.59. The molecule has 1 saturated carbocycles. The van der Waals surface area contributed by atoms with E-state index in [2.05, 4.69) is 21.0 Å². The van der Waals surface area contributed by atoms with Crippen LogP contribution in [0, 0.1) is 0 Å². The fourth-order valence-corrected chi connectivity index (χ4v) is 4.78. The highest BCUT2D eigenvalue weighted by Crippen LogP contribution is 2.43. The normalized spacial score (nSPS) is 24.8. The summed E-state index contributed by atoms with van der Waals surface area (Å²) in [6, 6.07) is 9.65. The average molecular weight is 393 g/mol. The van der Waals surface area contributed by atoms with Crippen LogP contribution in [0.3, 0.4) is 0 Å². The van der Waals surface area contributed by atoms with Crippen molar-refractivity contribution >= 4 is 28.2 Å². The van der Waals surface area contributed by atoms with Gasteiger partial charge in [-0.15, -0.1) is 11.3 Å². The number of rotatable bonds is 3. The quantitative estimate of drug-likeness (QED) is 0.493. The maximum absolute atomic E-state index is 10.8. The molecular formula is C20H19N5O2S. The van der Waals surface area contributed by atoms with Crippen LogP contribution in [0.2, 0.25) is 0 Å². The Labute approximate surface area is 165 Å². The molecule has 8 heteroatoms. The molecule has 0 radical (unpaired) electrons. The van der Waals surface area contributed by atoms with E-state index in [1.807, 2.05) is 41.2 Å². The summed E-state index contributed by atoms with van der Waals surface area (Å²) in [4.78, 5) is 13.6. The summed E-state index contributed by atoms with van der Waals surface area (Å²) in [5.41, 5.74) is 10.5. The summed E-state index contributed by atoms with van der Waals surface area (Å²) in [7, 11) is 0. The van der Waals surface area contributed by atoms with E-state index in [1.165, 1.54) is 6.33 Å². The highest BCUT2D eigenvalue weighted by molar-refractivity contribution is 7.13. The second-order valence-corrected chi connectivity index (χ2v) is 7.99. The summed E-state index contributed by atoms with van der Waals surface area (Å²) in [5.74, 6) is 0.232. The molecule has 5 rings (SSSR count). The summed E-state index contributed by atoms with van der Waals surface area (Å²) in [6.45, 7) is 0. The molecule has 0 aliphatic heterocycles. The van der Waals surface area contributed by atoms with Gasteiger partial charge in [0.1, 0.15) is 23.9 Å². The molecule has 1 aliphatic carbocycles. The Morgan fingerprint density at radius 1 is 1.14 bits per heavy atom. The van der Waals surface area contributed by atoms with Gasteiger partial charge in [-0.2, -0.15) is 0 Å². The lowest BCUT2D eigenvalue weighted by molar-refractivity contribution is 0.0179. The zero-order chi connectivity index (χ0) is 19.3. The third-order valence-corrected chi connectivity index (χ3v) is 6.40. The molecule has 3 aromatic heterocycles. The van der Waals surface area contributed by atoms with Crippen molar-refractivity contribution in [2.24, 2.45) is 0 Å². The van der Waals surface area contributed by atoms with Crippen LogP contribution >= 0.6 is 11.3 Å². The van der Waals surface area contributed by atoms with E-state index in [1.54, 1.807) is 16.8 Å². The lowest BCUT2D eigenvalue weighted by Gasteiger charge is -2.19. The largest absolute Gasteiger partial charge is 0.390 e. The summed E-state index contributed by atoms with van der Waals surface area (Å²) in [6.07, 6.45) is 3.95. The number of aromatic nitrogens is 4. The fourth-order valence-electron chi connectivity index (χ4n) is 4.16. The first-order valence-corrected chi connectivity index (χ1v) is 9.93. The lowest BCUT2D eigenvalue weighted by Crippen LogP contribution is -2.28. The van der Waals surface area contributed by atoms with Crippen molar-refractivity contribution in [3.05, 3.63) is 60.1 Å². The minimum Gasteiger partial charge on any atom is -0.390 e. The fraction of sp³-hybridized carbons (Fsp3) is 0.250. The van der Waals surface area contributed by atoms with Crippen LogP contribution in [-0.2, 0) is 0 Å². The number of benzene rings is 1. The van der Waals surface area contributed by atoms with Gasteiger partial charge < -0.3 is 20.5 Å². The van der Waals surface area contributed by atoms with Crippen molar-refractivity contribution in [2.45, 2.75) is 30.6 Å². The van der Waals surface area contributed by atoms with Crippen LogP contribution in [0.1, 0.15) is 23.9 Å². The number of aliphatic hydroxyl groups excluding tert-OH is 2. The van der Waals surface area contributed by atoms with Crippen molar-refractivity contribution in [3.8, 4) is 10.4 Å². The zero-order valence-electron chi connectivity index (χ0n) is 14.9. The van der Waals surface area contributed by atoms with E-state index in [-0.39, 0.29) is 12.0 Å². The smallest absolute Gasteiger partial charge is 0.145 e. The molecule has 1 aliphatic rings. The Kier molecular flexibility index (Phi) is 4.12. The Morgan fingerprint density at radius 2 is 2.04 bits per heavy atom. The van der Waals surface area contributed by atoms with E-state index in [0.29, 0.717) is 17.9 Å². The number of nitrogens with two attached hydrogens (primary N) is 1. The topological polar surface area (TPSA) is 110 Å². The second-order valence-electron chi connectivity index (χ2n) is 7.10. The van der Waals surface area contributed by atoms with Crippen LogP contribution in [0.15, 0.2) is 54.6 Å². The second kappa shape index (κ2) is 6.66. The Balaban J connectivity index is 1.50. The standard InChI is InChI=1S/C20H19N5O2S/c21-19-13-4-5-25(20(13)24-9-23-19)15-7-14(17(26)18(15)27)11-2-1-3-12(6-11)16-8-22-10-28-16/h1-6,8-10,14-15,17-18,26-27H,7H2,(H2,21,23,24)/t14-,15-,17-,18+/m1/s1. The van der Waals surface area contributed by atoms with E-state index in [0.717, 1.165) is 21.4 Å². The maximum Gasteiger partial charge on any atom is 0.145 e. The molecule has 0 bridgehead atoms. The molecular weight excluding hydrogens is 374 g/mol. The Morgan fingerprint density at radius 3 is 2.86 bits per heavy atom. The molecule has 1 fully saturated rings. The Hall–Kier alpha value is -2.81. The van der Waals surface area contributed by atoms with Crippen LogP contribution in [0.25, 0.3) is 21.5 Å². The molecule has 0 amide bonds. The van der Waals surface area contributed by atoms with Gasteiger partial charge in [0, 0.05) is 18.3 Å². The number of hydrogen-bond acceptors (Lipinski definition) is 7. The molecule has 0 saturated heterocycles.